The van der Waals surface area contributed by atoms with E-state index in [2.05, 4.69) is 0 Å². The van der Waals surface area contributed by atoms with Crippen LogP contribution in [-0.4, -0.2) is 10.8 Å². The van der Waals surface area contributed by atoms with Gasteiger partial charge in [-0.25, -0.2) is 0 Å². The van der Waals surface area contributed by atoms with Crippen LogP contribution in [0.25, 0.3) is 0 Å². The molecule has 0 aliphatic carbocycles. The third-order valence-corrected chi connectivity index (χ3v) is 3.21. The number of hydrogen-bond acceptors (Lipinski definition) is 4. The summed E-state index contributed by atoms with van der Waals surface area (Å²) in [5.41, 5.74) is 3.18. The molecule has 0 heterocycles. The number of carbonyl (C=O) groups is 1. The minimum Gasteiger partial charge on any atom is -0.456 e. The second-order valence-corrected chi connectivity index (χ2v) is 4.95. The number of carbonyl (C=O) groups excluding carboxylic acids is 1. The van der Waals surface area contributed by atoms with Crippen LogP contribution in [0, 0.1) is 10.1 Å². The summed E-state index contributed by atoms with van der Waals surface area (Å²) in [4.78, 5) is 21.3. The Bertz CT molecular complexity index is 824. The Morgan fingerprint density at radius 1 is 1.21 bits per heavy atom. The average molecular weight is 361 g/mol. The molecule has 0 spiro atoms. The lowest BCUT2D eigenvalue weighted by Crippen LogP contribution is -2.13. The van der Waals surface area contributed by atoms with E-state index in [1.165, 1.54) is 6.07 Å². The normalized spacial score (nSPS) is 11.2. The van der Waals surface area contributed by atoms with Crippen molar-refractivity contribution in [1.82, 2.24) is 0 Å². The van der Waals surface area contributed by atoms with Gasteiger partial charge in [-0.3, -0.25) is 14.9 Å². The number of rotatable bonds is 4. The number of nitro groups is 1. The average Bonchev–Trinajstić information content (AvgIpc) is 2.47. The molecule has 126 valence electrons. The molecule has 0 bridgehead atoms. The topological polar surface area (TPSA) is 95.5 Å². The van der Waals surface area contributed by atoms with Crippen LogP contribution < -0.4 is 10.5 Å². The summed E-state index contributed by atoms with van der Waals surface area (Å²) in [7, 11) is 0. The predicted molar refractivity (Wildman–Crippen MR) is 78.1 cm³/mol. The van der Waals surface area contributed by atoms with Crippen molar-refractivity contribution in [2.75, 3.05) is 0 Å². The Kier molecular flexibility index (Phi) is 4.65. The molecule has 24 heavy (non-hydrogen) atoms. The van der Waals surface area contributed by atoms with E-state index < -0.39 is 33.8 Å². The number of alkyl halides is 3. The fraction of sp³-hybridized carbons (Fsp3) is 0.0714. The number of benzene rings is 2. The molecule has 10 heteroatoms. The predicted octanol–water partition coefficient (Wildman–Crippen LogP) is 4.16. The third-order valence-electron chi connectivity index (χ3n) is 2.92. The van der Waals surface area contributed by atoms with Crippen LogP contribution >= 0.6 is 11.6 Å². The van der Waals surface area contributed by atoms with Crippen molar-refractivity contribution < 1.29 is 27.6 Å². The first-order valence-electron chi connectivity index (χ1n) is 6.22. The van der Waals surface area contributed by atoms with E-state index in [0.717, 1.165) is 24.3 Å². The number of nitro benzene ring substituents is 1. The summed E-state index contributed by atoms with van der Waals surface area (Å²) >= 11 is 5.74. The maximum atomic E-state index is 12.6. The second kappa shape index (κ2) is 6.36. The van der Waals surface area contributed by atoms with E-state index in [4.69, 9.17) is 22.1 Å². The zero-order valence-corrected chi connectivity index (χ0v) is 12.4. The summed E-state index contributed by atoms with van der Waals surface area (Å²) in [6, 6.07) is 5.61. The van der Waals surface area contributed by atoms with Crippen LogP contribution in [0.1, 0.15) is 15.9 Å². The monoisotopic (exact) mass is 360 g/mol. The summed E-state index contributed by atoms with van der Waals surface area (Å²) in [5, 5.41) is 10.5. The standard InChI is InChI=1S/C14H8ClF3N2O4/c15-10-5-7(14(16,17)18)1-4-12(10)24-8-2-3-11(20(22)23)9(6-8)13(19)21/h1-6H,(H2,19,21). The molecule has 2 aromatic rings. The molecule has 2 N–H and O–H groups in total. The molecule has 1 amide bonds. The molecule has 6 nitrogen and oxygen atoms in total. The highest BCUT2D eigenvalue weighted by Gasteiger charge is 2.31. The molecule has 0 atom stereocenters. The van der Waals surface area contributed by atoms with Gasteiger partial charge in [-0.05, 0) is 24.3 Å². The first-order chi connectivity index (χ1) is 11.1. The van der Waals surface area contributed by atoms with Crippen molar-refractivity contribution >= 4 is 23.2 Å². The molecule has 0 saturated heterocycles. The second-order valence-electron chi connectivity index (χ2n) is 4.55. The van der Waals surface area contributed by atoms with Crippen LogP contribution in [0.2, 0.25) is 5.02 Å². The Labute approximate surface area is 137 Å². The van der Waals surface area contributed by atoms with Crippen LogP contribution in [0.4, 0.5) is 18.9 Å². The summed E-state index contributed by atoms with van der Waals surface area (Å²) in [5.74, 6) is -1.21. The van der Waals surface area contributed by atoms with E-state index in [1.54, 1.807) is 0 Å². The van der Waals surface area contributed by atoms with Gasteiger partial charge in [-0.2, -0.15) is 13.2 Å². The lowest BCUT2D eigenvalue weighted by molar-refractivity contribution is -0.385. The number of hydrogen-bond donors (Lipinski definition) is 1. The van der Waals surface area contributed by atoms with Gasteiger partial charge in [0.15, 0.2) is 0 Å². The van der Waals surface area contributed by atoms with Gasteiger partial charge >= 0.3 is 6.18 Å². The zero-order chi connectivity index (χ0) is 18.1. The van der Waals surface area contributed by atoms with Crippen molar-refractivity contribution in [2.45, 2.75) is 6.18 Å². The minimum absolute atomic E-state index is 0.0453. The first-order valence-corrected chi connectivity index (χ1v) is 6.60. The zero-order valence-electron chi connectivity index (χ0n) is 11.6. The molecule has 0 saturated carbocycles. The molecule has 0 unspecified atom stereocenters. The van der Waals surface area contributed by atoms with Crippen molar-refractivity contribution in [3.05, 3.63) is 62.7 Å². The molecule has 0 aliphatic rings. The van der Waals surface area contributed by atoms with Crippen LogP contribution in [0.15, 0.2) is 36.4 Å². The van der Waals surface area contributed by atoms with Crippen LogP contribution in [-0.2, 0) is 6.18 Å². The smallest absolute Gasteiger partial charge is 0.416 e. The van der Waals surface area contributed by atoms with Gasteiger partial charge in [0.2, 0.25) is 0 Å². The molecule has 2 aromatic carbocycles. The molecule has 0 aromatic heterocycles. The fourth-order valence-corrected chi connectivity index (χ4v) is 2.04. The lowest BCUT2D eigenvalue weighted by Gasteiger charge is -2.11. The van der Waals surface area contributed by atoms with Crippen molar-refractivity contribution in [3.63, 3.8) is 0 Å². The first kappa shape index (κ1) is 17.5. The number of ether oxygens (including phenoxy) is 1. The van der Waals surface area contributed by atoms with E-state index in [9.17, 15) is 28.1 Å². The van der Waals surface area contributed by atoms with Gasteiger partial charge in [-0.15, -0.1) is 0 Å². The van der Waals surface area contributed by atoms with Crippen molar-refractivity contribution in [1.29, 1.82) is 0 Å². The van der Waals surface area contributed by atoms with Gasteiger partial charge in [0, 0.05) is 12.1 Å². The number of amides is 1. The largest absolute Gasteiger partial charge is 0.456 e. The lowest BCUT2D eigenvalue weighted by atomic mass is 10.1. The highest BCUT2D eigenvalue weighted by Crippen LogP contribution is 2.37. The Hall–Kier alpha value is -2.81. The van der Waals surface area contributed by atoms with Gasteiger partial charge in [0.05, 0.1) is 15.5 Å². The molecule has 0 fully saturated rings. The van der Waals surface area contributed by atoms with Gasteiger partial charge in [-0.1, -0.05) is 11.6 Å². The van der Waals surface area contributed by atoms with Crippen molar-refractivity contribution in [3.8, 4) is 11.5 Å². The van der Waals surface area contributed by atoms with Crippen molar-refractivity contribution in [2.24, 2.45) is 5.73 Å². The molecule has 0 aliphatic heterocycles. The van der Waals surface area contributed by atoms with E-state index >= 15 is 0 Å². The maximum Gasteiger partial charge on any atom is 0.416 e. The number of nitrogens with zero attached hydrogens (tertiary/aromatic N) is 1. The Morgan fingerprint density at radius 3 is 2.38 bits per heavy atom. The van der Waals surface area contributed by atoms with E-state index in [1.807, 2.05) is 0 Å². The summed E-state index contributed by atoms with van der Waals surface area (Å²) in [6.07, 6.45) is -4.56. The Balaban J connectivity index is 2.37. The SMILES string of the molecule is NC(=O)c1cc(Oc2ccc(C(F)(F)F)cc2Cl)ccc1[N+](=O)[O-]. The quantitative estimate of drug-likeness (QED) is 0.654. The number of halogens is 4. The molecular formula is C14H8ClF3N2O4. The Morgan fingerprint density at radius 2 is 1.88 bits per heavy atom. The number of primary amides is 1. The molecule has 2 rings (SSSR count). The van der Waals surface area contributed by atoms with E-state index in [-0.39, 0.29) is 16.5 Å². The van der Waals surface area contributed by atoms with Gasteiger partial charge in [0.1, 0.15) is 17.1 Å². The summed E-state index contributed by atoms with van der Waals surface area (Å²) < 4.78 is 43.0. The van der Waals surface area contributed by atoms with Gasteiger partial charge < -0.3 is 10.5 Å². The maximum absolute atomic E-state index is 12.6. The fourth-order valence-electron chi connectivity index (χ4n) is 1.82. The summed E-state index contributed by atoms with van der Waals surface area (Å²) in [6.45, 7) is 0. The molecular weight excluding hydrogens is 353 g/mol. The van der Waals surface area contributed by atoms with Crippen LogP contribution in [0.3, 0.4) is 0 Å². The highest BCUT2D eigenvalue weighted by molar-refractivity contribution is 6.32. The number of nitrogens with two attached hydrogens (primary N) is 1. The van der Waals surface area contributed by atoms with Gasteiger partial charge in [0.25, 0.3) is 11.6 Å². The molecule has 0 radical (unpaired) electrons. The van der Waals surface area contributed by atoms with E-state index in [0.29, 0.717) is 6.07 Å². The third kappa shape index (κ3) is 3.74. The van der Waals surface area contributed by atoms with Crippen LogP contribution in [0.5, 0.6) is 11.5 Å². The minimum atomic E-state index is -4.56. The highest BCUT2D eigenvalue weighted by atomic mass is 35.5.